The average Bonchev–Trinajstić information content (AvgIpc) is 3.15. The number of hydrogen-bond acceptors (Lipinski definition) is 2. The molecule has 0 aliphatic heterocycles. The number of nitrogens with zero attached hydrogens (tertiary/aromatic N) is 2. The Labute approximate surface area is 121 Å². The van der Waals surface area contributed by atoms with Gasteiger partial charge in [-0.2, -0.15) is 5.10 Å². The summed E-state index contributed by atoms with van der Waals surface area (Å²) < 4.78 is 2.23. The van der Waals surface area contributed by atoms with Crippen molar-refractivity contribution in [3.8, 4) is 0 Å². The summed E-state index contributed by atoms with van der Waals surface area (Å²) in [6.45, 7) is 0. The van der Waals surface area contributed by atoms with Gasteiger partial charge in [-0.05, 0) is 50.0 Å². The van der Waals surface area contributed by atoms with E-state index >= 15 is 0 Å². The van der Waals surface area contributed by atoms with Crippen molar-refractivity contribution in [3.05, 3.63) is 18.0 Å². The maximum Gasteiger partial charge on any atom is 0.0643 e. The van der Waals surface area contributed by atoms with E-state index in [0.29, 0.717) is 6.04 Å². The molecule has 3 heteroatoms. The molecule has 3 saturated carbocycles. The minimum Gasteiger partial charge on any atom is -0.324 e. The lowest BCUT2D eigenvalue weighted by molar-refractivity contribution is 0.265. The SMILES string of the molecule is NC1(Cc2ccn(C3CCCCC3)n2)CC2CCC1C2. The van der Waals surface area contributed by atoms with Crippen LogP contribution in [0.5, 0.6) is 0 Å². The van der Waals surface area contributed by atoms with Gasteiger partial charge in [-0.3, -0.25) is 4.68 Å². The van der Waals surface area contributed by atoms with Crippen molar-refractivity contribution in [2.24, 2.45) is 17.6 Å². The van der Waals surface area contributed by atoms with Gasteiger partial charge in [0.25, 0.3) is 0 Å². The molecule has 4 rings (SSSR count). The van der Waals surface area contributed by atoms with Gasteiger partial charge in [0, 0.05) is 18.2 Å². The Morgan fingerprint density at radius 1 is 1.20 bits per heavy atom. The molecule has 2 N–H and O–H groups in total. The molecule has 1 aromatic rings. The van der Waals surface area contributed by atoms with E-state index in [1.54, 1.807) is 0 Å². The van der Waals surface area contributed by atoms with Crippen molar-refractivity contribution in [2.75, 3.05) is 0 Å². The van der Waals surface area contributed by atoms with Crippen molar-refractivity contribution in [2.45, 2.75) is 75.8 Å². The highest BCUT2D eigenvalue weighted by molar-refractivity contribution is 5.13. The lowest BCUT2D eigenvalue weighted by atomic mass is 9.78. The largest absolute Gasteiger partial charge is 0.324 e. The smallest absolute Gasteiger partial charge is 0.0643 e. The standard InChI is InChI=1S/C17H27N3/c18-17(11-13-6-7-14(17)10-13)12-15-8-9-20(19-15)16-4-2-1-3-5-16/h8-9,13-14,16H,1-7,10-12,18H2. The fourth-order valence-corrected chi connectivity index (χ4v) is 5.06. The third kappa shape index (κ3) is 2.20. The molecule has 110 valence electrons. The predicted molar refractivity (Wildman–Crippen MR) is 80.4 cm³/mol. The highest BCUT2D eigenvalue weighted by Crippen LogP contribution is 2.50. The molecule has 20 heavy (non-hydrogen) atoms. The summed E-state index contributed by atoms with van der Waals surface area (Å²) in [5.41, 5.74) is 7.99. The number of rotatable bonds is 3. The van der Waals surface area contributed by atoms with E-state index in [9.17, 15) is 0 Å². The highest BCUT2D eigenvalue weighted by atomic mass is 15.3. The molecule has 3 aliphatic rings. The fraction of sp³-hybridized carbons (Fsp3) is 0.824. The minimum atomic E-state index is 0.0503. The van der Waals surface area contributed by atoms with Crippen LogP contribution in [-0.2, 0) is 6.42 Å². The van der Waals surface area contributed by atoms with Crippen LogP contribution >= 0.6 is 0 Å². The zero-order chi connectivity index (χ0) is 13.6. The molecular weight excluding hydrogens is 246 g/mol. The maximum absolute atomic E-state index is 6.71. The van der Waals surface area contributed by atoms with Gasteiger partial charge in [-0.15, -0.1) is 0 Å². The number of fused-ring (bicyclic) bond motifs is 2. The summed E-state index contributed by atoms with van der Waals surface area (Å²) in [5, 5.41) is 4.86. The summed E-state index contributed by atoms with van der Waals surface area (Å²) in [6.07, 6.45) is 15.3. The van der Waals surface area contributed by atoms with Crippen LogP contribution in [0.2, 0.25) is 0 Å². The molecule has 0 amide bonds. The van der Waals surface area contributed by atoms with Crippen molar-refractivity contribution in [1.82, 2.24) is 9.78 Å². The highest BCUT2D eigenvalue weighted by Gasteiger charge is 2.48. The van der Waals surface area contributed by atoms with Crippen LogP contribution in [0, 0.1) is 11.8 Å². The molecule has 3 nitrogen and oxygen atoms in total. The minimum absolute atomic E-state index is 0.0503. The van der Waals surface area contributed by atoms with Crippen LogP contribution in [0.15, 0.2) is 12.3 Å². The average molecular weight is 273 g/mol. The summed E-state index contributed by atoms with van der Waals surface area (Å²) in [4.78, 5) is 0. The molecule has 3 aliphatic carbocycles. The maximum atomic E-state index is 6.71. The van der Waals surface area contributed by atoms with Gasteiger partial charge >= 0.3 is 0 Å². The molecule has 2 bridgehead atoms. The first-order chi connectivity index (χ1) is 9.73. The first-order valence-corrected chi connectivity index (χ1v) is 8.56. The van der Waals surface area contributed by atoms with E-state index in [0.717, 1.165) is 18.3 Å². The lowest BCUT2D eigenvalue weighted by Gasteiger charge is -2.33. The number of hydrogen-bond donors (Lipinski definition) is 1. The Morgan fingerprint density at radius 3 is 2.75 bits per heavy atom. The molecular formula is C17H27N3. The van der Waals surface area contributed by atoms with E-state index in [-0.39, 0.29) is 5.54 Å². The van der Waals surface area contributed by atoms with Crippen LogP contribution in [0.3, 0.4) is 0 Å². The van der Waals surface area contributed by atoms with Crippen LogP contribution in [0.1, 0.15) is 69.5 Å². The number of aromatic nitrogens is 2. The monoisotopic (exact) mass is 273 g/mol. The molecule has 3 unspecified atom stereocenters. The van der Waals surface area contributed by atoms with E-state index in [1.165, 1.54) is 63.5 Å². The lowest BCUT2D eigenvalue weighted by Crippen LogP contribution is -2.47. The van der Waals surface area contributed by atoms with Crippen molar-refractivity contribution >= 4 is 0 Å². The molecule has 0 spiro atoms. The third-order valence-electron chi connectivity index (χ3n) is 6.15. The Hall–Kier alpha value is -0.830. The van der Waals surface area contributed by atoms with Crippen molar-refractivity contribution in [3.63, 3.8) is 0 Å². The van der Waals surface area contributed by atoms with Gasteiger partial charge in [0.1, 0.15) is 0 Å². The van der Waals surface area contributed by atoms with Gasteiger partial charge < -0.3 is 5.73 Å². The second-order valence-electron chi connectivity index (χ2n) is 7.57. The summed E-state index contributed by atoms with van der Waals surface area (Å²) >= 11 is 0. The topological polar surface area (TPSA) is 43.8 Å². The van der Waals surface area contributed by atoms with E-state index in [4.69, 9.17) is 10.8 Å². The van der Waals surface area contributed by atoms with Crippen LogP contribution in [0.25, 0.3) is 0 Å². The second-order valence-corrected chi connectivity index (χ2v) is 7.57. The molecule has 0 saturated heterocycles. The quantitative estimate of drug-likeness (QED) is 0.916. The van der Waals surface area contributed by atoms with E-state index < -0.39 is 0 Å². The first kappa shape index (κ1) is 12.9. The summed E-state index contributed by atoms with van der Waals surface area (Å²) in [5.74, 6) is 1.66. The molecule has 1 aromatic heterocycles. The fourth-order valence-electron chi connectivity index (χ4n) is 5.06. The van der Waals surface area contributed by atoms with Crippen LogP contribution in [-0.4, -0.2) is 15.3 Å². The van der Waals surface area contributed by atoms with Gasteiger partial charge in [0.15, 0.2) is 0 Å². The molecule has 3 fully saturated rings. The van der Waals surface area contributed by atoms with Gasteiger partial charge in [-0.1, -0.05) is 25.7 Å². The predicted octanol–water partition coefficient (Wildman–Crippen LogP) is 3.45. The Bertz CT molecular complexity index is 474. The molecule has 0 radical (unpaired) electrons. The summed E-state index contributed by atoms with van der Waals surface area (Å²) in [6, 6.07) is 2.86. The van der Waals surface area contributed by atoms with Crippen molar-refractivity contribution < 1.29 is 0 Å². The normalized spacial score (nSPS) is 37.6. The zero-order valence-corrected chi connectivity index (χ0v) is 12.4. The third-order valence-corrected chi connectivity index (χ3v) is 6.15. The van der Waals surface area contributed by atoms with Gasteiger partial charge in [-0.25, -0.2) is 0 Å². The molecule has 1 heterocycles. The van der Waals surface area contributed by atoms with Gasteiger partial charge in [0.05, 0.1) is 11.7 Å². The second kappa shape index (κ2) is 4.87. The Kier molecular flexibility index (Phi) is 3.13. The Morgan fingerprint density at radius 2 is 2.05 bits per heavy atom. The molecule has 3 atom stereocenters. The molecule has 0 aromatic carbocycles. The number of nitrogens with two attached hydrogens (primary N) is 1. The van der Waals surface area contributed by atoms with E-state index in [1.807, 2.05) is 0 Å². The van der Waals surface area contributed by atoms with Gasteiger partial charge in [0.2, 0.25) is 0 Å². The van der Waals surface area contributed by atoms with E-state index in [2.05, 4.69) is 16.9 Å². The first-order valence-electron chi connectivity index (χ1n) is 8.56. The van der Waals surface area contributed by atoms with Crippen LogP contribution in [0.4, 0.5) is 0 Å². The summed E-state index contributed by atoms with van der Waals surface area (Å²) in [7, 11) is 0. The van der Waals surface area contributed by atoms with Crippen molar-refractivity contribution in [1.29, 1.82) is 0 Å². The van der Waals surface area contributed by atoms with Crippen LogP contribution < -0.4 is 5.73 Å². The Balaban J connectivity index is 1.45. The zero-order valence-electron chi connectivity index (χ0n) is 12.4.